The van der Waals surface area contributed by atoms with Crippen molar-refractivity contribution in [2.24, 2.45) is 0 Å². The van der Waals surface area contributed by atoms with Gasteiger partial charge in [-0.3, -0.25) is 0 Å². The Kier molecular flexibility index (Phi) is 7.68. The number of nitriles is 1. The molecule has 0 spiro atoms. The molecule has 0 fully saturated rings. The molecule has 0 N–H and O–H groups in total. The average molecular weight is 666 g/mol. The van der Waals surface area contributed by atoms with Crippen LogP contribution in [0.5, 0.6) is 0 Å². The minimum Gasteiger partial charge on any atom is -0.309 e. The number of hydrogen-bond donors (Lipinski definition) is 0. The van der Waals surface area contributed by atoms with Gasteiger partial charge in [0.1, 0.15) is 0 Å². The van der Waals surface area contributed by atoms with Crippen LogP contribution in [0.4, 0.5) is 0 Å². The summed E-state index contributed by atoms with van der Waals surface area (Å²) in [4.78, 5) is 15.2. The number of para-hydroxylation sites is 1. The van der Waals surface area contributed by atoms with Crippen molar-refractivity contribution in [3.8, 4) is 68.2 Å². The van der Waals surface area contributed by atoms with Gasteiger partial charge < -0.3 is 4.57 Å². The molecule has 0 bridgehead atoms. The zero-order valence-corrected chi connectivity index (χ0v) is 28.4. The lowest BCUT2D eigenvalue weighted by molar-refractivity contribution is 1.07. The Bertz CT molecular complexity index is 2740. The molecule has 0 unspecified atom stereocenters. The summed E-state index contributed by atoms with van der Waals surface area (Å²) in [5.74, 6) is 1.76. The largest absolute Gasteiger partial charge is 0.309 e. The van der Waals surface area contributed by atoms with E-state index < -0.39 is 0 Å². The van der Waals surface area contributed by atoms with Crippen LogP contribution in [0.2, 0.25) is 0 Å². The van der Waals surface area contributed by atoms with E-state index in [-0.39, 0.29) is 0 Å². The van der Waals surface area contributed by atoms with Crippen LogP contribution in [0.3, 0.4) is 0 Å². The number of fused-ring (bicyclic) bond motifs is 3. The van der Waals surface area contributed by atoms with E-state index in [0.717, 1.165) is 44.5 Å². The highest BCUT2D eigenvalue weighted by atomic mass is 15.0. The van der Waals surface area contributed by atoms with E-state index in [2.05, 4.69) is 102 Å². The van der Waals surface area contributed by atoms with Crippen LogP contribution in [0, 0.1) is 18.3 Å². The highest BCUT2D eigenvalue weighted by Crippen LogP contribution is 2.39. The van der Waals surface area contributed by atoms with Gasteiger partial charge >= 0.3 is 0 Å². The highest BCUT2D eigenvalue weighted by Gasteiger charge is 2.19. The molecule has 5 nitrogen and oxygen atoms in total. The standard InChI is InChI=1S/C47H31N5/c1-31-12-8-9-17-38(31)36-24-27-44-41(28-36)40-18-10-11-19-43(40)52(44)37-25-26-39(33-22-20-32(30-48)21-23-33)42(29-37)47-50-45(34-13-4-2-5-14-34)49-46(51-47)35-15-6-3-7-16-35/h2-29H,1H3. The average Bonchev–Trinajstić information content (AvgIpc) is 3.55. The van der Waals surface area contributed by atoms with Crippen molar-refractivity contribution in [3.05, 3.63) is 181 Å². The molecule has 9 aromatic rings. The van der Waals surface area contributed by atoms with E-state index in [0.29, 0.717) is 23.0 Å². The first-order chi connectivity index (χ1) is 25.6. The molecule has 5 heteroatoms. The third-order valence-corrected chi connectivity index (χ3v) is 9.66. The molecule has 7 aromatic carbocycles. The van der Waals surface area contributed by atoms with Gasteiger partial charge in [0.2, 0.25) is 0 Å². The molecule has 2 heterocycles. The first-order valence-corrected chi connectivity index (χ1v) is 17.3. The van der Waals surface area contributed by atoms with Crippen molar-refractivity contribution in [3.63, 3.8) is 0 Å². The molecule has 9 rings (SSSR count). The van der Waals surface area contributed by atoms with Crippen molar-refractivity contribution in [2.75, 3.05) is 0 Å². The van der Waals surface area contributed by atoms with E-state index in [1.165, 1.54) is 27.5 Å². The molecule has 52 heavy (non-hydrogen) atoms. The fourth-order valence-corrected chi connectivity index (χ4v) is 7.08. The smallest absolute Gasteiger partial charge is 0.164 e. The van der Waals surface area contributed by atoms with Crippen molar-refractivity contribution in [1.82, 2.24) is 19.5 Å². The zero-order chi connectivity index (χ0) is 35.0. The van der Waals surface area contributed by atoms with E-state index in [1.54, 1.807) is 0 Å². The summed E-state index contributed by atoms with van der Waals surface area (Å²) in [5, 5.41) is 11.9. The van der Waals surface area contributed by atoms with E-state index in [9.17, 15) is 5.26 Å². The molecule has 0 aliphatic carbocycles. The second-order valence-corrected chi connectivity index (χ2v) is 12.9. The number of hydrogen-bond acceptors (Lipinski definition) is 4. The maximum atomic E-state index is 9.54. The first kappa shape index (κ1) is 30.9. The second-order valence-electron chi connectivity index (χ2n) is 12.9. The summed E-state index contributed by atoms with van der Waals surface area (Å²) >= 11 is 0. The molecular formula is C47H31N5. The predicted octanol–water partition coefficient (Wildman–Crippen LogP) is 11.5. The second kappa shape index (κ2) is 12.9. The number of aryl methyl sites for hydroxylation is 1. The number of rotatable bonds is 6. The molecular weight excluding hydrogens is 635 g/mol. The van der Waals surface area contributed by atoms with Crippen LogP contribution in [0.1, 0.15) is 11.1 Å². The normalized spacial score (nSPS) is 11.2. The van der Waals surface area contributed by atoms with Crippen LogP contribution in [0.15, 0.2) is 170 Å². The zero-order valence-electron chi connectivity index (χ0n) is 28.4. The fourth-order valence-electron chi connectivity index (χ4n) is 7.08. The summed E-state index contributed by atoms with van der Waals surface area (Å²) < 4.78 is 2.33. The Morgan fingerprint density at radius 3 is 1.73 bits per heavy atom. The predicted molar refractivity (Wildman–Crippen MR) is 211 cm³/mol. The maximum Gasteiger partial charge on any atom is 0.164 e. The van der Waals surface area contributed by atoms with Crippen LogP contribution < -0.4 is 0 Å². The molecule has 0 saturated carbocycles. The summed E-state index contributed by atoms with van der Waals surface area (Å²) in [6.07, 6.45) is 0. The number of benzene rings is 7. The van der Waals surface area contributed by atoms with Crippen LogP contribution in [-0.4, -0.2) is 19.5 Å². The monoisotopic (exact) mass is 665 g/mol. The van der Waals surface area contributed by atoms with E-state index in [4.69, 9.17) is 15.0 Å². The van der Waals surface area contributed by atoms with Crippen LogP contribution >= 0.6 is 0 Å². The van der Waals surface area contributed by atoms with E-state index >= 15 is 0 Å². The van der Waals surface area contributed by atoms with Gasteiger partial charge in [0.25, 0.3) is 0 Å². The highest BCUT2D eigenvalue weighted by molar-refractivity contribution is 6.10. The number of nitrogens with zero attached hydrogens (tertiary/aromatic N) is 5. The molecule has 244 valence electrons. The lowest BCUT2D eigenvalue weighted by Gasteiger charge is -2.15. The Balaban J connectivity index is 1.30. The molecule has 0 saturated heterocycles. The Hall–Kier alpha value is -7.16. The molecule has 0 radical (unpaired) electrons. The van der Waals surface area contributed by atoms with Gasteiger partial charge in [-0.1, -0.05) is 127 Å². The molecule has 2 aromatic heterocycles. The van der Waals surface area contributed by atoms with Crippen LogP contribution in [-0.2, 0) is 0 Å². The van der Waals surface area contributed by atoms with E-state index in [1.807, 2.05) is 84.9 Å². The minimum atomic E-state index is 0.566. The molecule has 0 amide bonds. The quantitative estimate of drug-likeness (QED) is 0.177. The van der Waals surface area contributed by atoms with Gasteiger partial charge in [-0.2, -0.15) is 5.26 Å². The van der Waals surface area contributed by atoms with Crippen LogP contribution in [0.25, 0.3) is 83.9 Å². The topological polar surface area (TPSA) is 67.4 Å². The Morgan fingerprint density at radius 1 is 0.442 bits per heavy atom. The van der Waals surface area contributed by atoms with Crippen molar-refractivity contribution in [2.45, 2.75) is 6.92 Å². The van der Waals surface area contributed by atoms with Gasteiger partial charge in [0.15, 0.2) is 17.5 Å². The van der Waals surface area contributed by atoms with Gasteiger partial charge in [-0.15, -0.1) is 0 Å². The lowest BCUT2D eigenvalue weighted by atomic mass is 9.97. The van der Waals surface area contributed by atoms with Gasteiger partial charge in [-0.25, -0.2) is 15.0 Å². The van der Waals surface area contributed by atoms with Gasteiger partial charge in [0, 0.05) is 33.2 Å². The van der Waals surface area contributed by atoms with Gasteiger partial charge in [0.05, 0.1) is 22.7 Å². The molecule has 0 aliphatic heterocycles. The first-order valence-electron chi connectivity index (χ1n) is 17.3. The lowest BCUT2D eigenvalue weighted by Crippen LogP contribution is -2.02. The summed E-state index contributed by atoms with van der Waals surface area (Å²) in [6, 6.07) is 60.3. The Morgan fingerprint density at radius 2 is 1.04 bits per heavy atom. The van der Waals surface area contributed by atoms with Gasteiger partial charge in [-0.05, 0) is 77.2 Å². The summed E-state index contributed by atoms with van der Waals surface area (Å²) in [6.45, 7) is 2.16. The number of aromatic nitrogens is 4. The molecule has 0 aliphatic rings. The molecule has 0 atom stereocenters. The van der Waals surface area contributed by atoms with Crippen molar-refractivity contribution >= 4 is 21.8 Å². The van der Waals surface area contributed by atoms with Crippen molar-refractivity contribution in [1.29, 1.82) is 5.26 Å². The maximum absolute atomic E-state index is 9.54. The Labute approximate surface area is 301 Å². The minimum absolute atomic E-state index is 0.566. The fraction of sp³-hybridized carbons (Fsp3) is 0.0213. The summed E-state index contributed by atoms with van der Waals surface area (Å²) in [5.41, 5.74) is 12.1. The SMILES string of the molecule is Cc1ccccc1-c1ccc2c(c1)c1ccccc1n2-c1ccc(-c2ccc(C#N)cc2)c(-c2nc(-c3ccccc3)nc(-c3ccccc3)n2)c1. The van der Waals surface area contributed by atoms with Crippen molar-refractivity contribution < 1.29 is 0 Å². The third-order valence-electron chi connectivity index (χ3n) is 9.66. The summed E-state index contributed by atoms with van der Waals surface area (Å²) in [7, 11) is 0. The third kappa shape index (κ3) is 5.49.